The predicted octanol–water partition coefficient (Wildman–Crippen LogP) is -1.03. The maximum Gasteiger partial charge on any atom is 0.508 e. The molecule has 4 heterocycles. The standard InChI is InChI=1S/C22H35N3O11S.C20H33N3O12S2/c1-22(12-26,19(30)35-10-17(28)29)13-36-21(32)34-9-8-33-7-6-23-16(27)5-3-2-4-15-18-14(11-37-15)24-20(31)25-18;1-20(11-24,17(26)32-8-9-37(29,30)31)12-34-19(28)33-6-7-35-23-15(25)5-3-2-4-14-16-13(10-36-14)21-18(27)22-16/h14-15,18,26H,2-13H2,1H3,(H,23,27)(H,28,29)(H2,24,25,31);13-14,16,24H,2-12H2,1H3,(H,23,25)(H2,21,22,27)(H,29,30,31)/t14-,15-,18-,22?;13-,14-,16-,20?/m00/s1. The van der Waals surface area contributed by atoms with Crippen molar-refractivity contribution in [1.82, 2.24) is 32.1 Å². The first-order valence-electron chi connectivity index (χ1n) is 23.5. The van der Waals surface area contributed by atoms with Gasteiger partial charge >= 0.3 is 42.3 Å². The van der Waals surface area contributed by atoms with E-state index < -0.39 is 96.6 Å². The SMILES string of the molecule is CC(CO)(COC(=O)OCCOCCNC(=O)CCCC[C@@H]1SC[C@@H]2NC(=O)N[C@@H]21)C(=O)OCC(=O)O.CC(CO)(COC(=O)OCCONC(=O)CCCC[C@@H]1SC[C@@H]2NC(=O)N[C@@H]21)C(=O)OCCS(=O)(=O)O. The van der Waals surface area contributed by atoms with Gasteiger partial charge in [0.25, 0.3) is 10.1 Å². The lowest BCUT2D eigenvalue weighted by Gasteiger charge is -2.24. The molecule has 8 atom stereocenters. The monoisotopic (exact) mass is 1120 g/mol. The highest BCUT2D eigenvalue weighted by Crippen LogP contribution is 2.34. The number of urea groups is 2. The topological polar surface area (TPSA) is 415 Å². The summed E-state index contributed by atoms with van der Waals surface area (Å²) < 4.78 is 63.5. The molecule has 10 N–H and O–H groups in total. The zero-order chi connectivity index (χ0) is 54.7. The van der Waals surface area contributed by atoms with E-state index in [4.69, 9.17) is 38.2 Å². The average molecular weight is 1120 g/mol. The fourth-order valence-corrected chi connectivity index (χ4v) is 10.5. The number of hydrogen-bond donors (Lipinski definition) is 10. The fourth-order valence-electron chi connectivity index (χ4n) is 7.11. The van der Waals surface area contributed by atoms with Crippen LogP contribution in [0.5, 0.6) is 0 Å². The van der Waals surface area contributed by atoms with Crippen LogP contribution in [0.3, 0.4) is 0 Å². The number of carbonyl (C=O) groups excluding carboxylic acids is 8. The van der Waals surface area contributed by atoms with Gasteiger partial charge in [-0.3, -0.25) is 28.6 Å². The van der Waals surface area contributed by atoms with Gasteiger partial charge in [-0.1, -0.05) is 12.8 Å². The molecule has 0 aromatic rings. The normalized spacial score (nSPS) is 22.0. The quantitative estimate of drug-likeness (QED) is 0.00938. The van der Waals surface area contributed by atoms with E-state index in [1.54, 1.807) is 0 Å². The molecule has 0 aromatic carbocycles. The van der Waals surface area contributed by atoms with Gasteiger partial charge in [0.1, 0.15) is 56.2 Å². The number of carbonyl (C=O) groups is 9. The highest BCUT2D eigenvalue weighted by molar-refractivity contribution is 8.00. The number of unbranched alkanes of at least 4 members (excludes halogenated alkanes) is 2. The second kappa shape index (κ2) is 32.3. The lowest BCUT2D eigenvalue weighted by molar-refractivity contribution is -0.167. The zero-order valence-electron chi connectivity index (χ0n) is 41.0. The van der Waals surface area contributed by atoms with Crippen molar-refractivity contribution in [3.8, 4) is 0 Å². The number of esters is 2. The van der Waals surface area contributed by atoms with E-state index in [1.165, 1.54) is 13.8 Å². The Morgan fingerprint density at radius 2 is 1.15 bits per heavy atom. The summed E-state index contributed by atoms with van der Waals surface area (Å²) in [5.74, 6) is -2.86. The predicted molar refractivity (Wildman–Crippen MR) is 257 cm³/mol. The van der Waals surface area contributed by atoms with Gasteiger partial charge in [-0.2, -0.15) is 31.9 Å². The van der Waals surface area contributed by atoms with Crippen LogP contribution in [0.15, 0.2) is 0 Å². The number of rotatable bonds is 33. The summed E-state index contributed by atoms with van der Waals surface area (Å²) in [6, 6.07) is 0.434. The molecule has 4 fully saturated rings. The van der Waals surface area contributed by atoms with Gasteiger partial charge in [0.15, 0.2) is 6.61 Å². The first-order chi connectivity index (χ1) is 35.1. The van der Waals surface area contributed by atoms with E-state index in [-0.39, 0.29) is 87.5 Å². The van der Waals surface area contributed by atoms with Crippen LogP contribution in [-0.2, 0) is 72.1 Å². The molecule has 0 saturated carbocycles. The maximum absolute atomic E-state index is 12.0. The van der Waals surface area contributed by atoms with Crippen LogP contribution in [0.2, 0.25) is 0 Å². The molecule has 0 spiro atoms. The smallest absolute Gasteiger partial charge is 0.479 e. The molecule has 74 heavy (non-hydrogen) atoms. The molecule has 0 aromatic heterocycles. The van der Waals surface area contributed by atoms with Crippen molar-refractivity contribution in [3.05, 3.63) is 0 Å². The van der Waals surface area contributed by atoms with E-state index in [0.717, 1.165) is 43.6 Å². The Morgan fingerprint density at radius 3 is 1.65 bits per heavy atom. The van der Waals surface area contributed by atoms with Crippen LogP contribution in [0.1, 0.15) is 65.2 Å². The molecule has 0 radical (unpaired) electrons. The third kappa shape index (κ3) is 23.6. The third-order valence-electron chi connectivity index (χ3n) is 11.4. The Balaban J connectivity index is 0.000000390. The zero-order valence-corrected chi connectivity index (χ0v) is 43.4. The van der Waals surface area contributed by atoms with E-state index in [9.17, 15) is 61.8 Å². The number of ether oxygens (including phenoxy) is 7. The number of hydroxylamine groups is 1. The Morgan fingerprint density at radius 1 is 0.649 bits per heavy atom. The second-order valence-electron chi connectivity index (χ2n) is 17.7. The van der Waals surface area contributed by atoms with Gasteiger partial charge in [-0.25, -0.2) is 29.5 Å². The summed E-state index contributed by atoms with van der Waals surface area (Å²) in [4.78, 5) is 109. The molecule has 4 aliphatic heterocycles. The number of thioether (sulfide) groups is 2. The number of carboxylic acids is 1. The van der Waals surface area contributed by atoms with Crippen molar-refractivity contribution < 1.29 is 109 Å². The van der Waals surface area contributed by atoms with E-state index in [0.29, 0.717) is 29.9 Å². The van der Waals surface area contributed by atoms with Crippen molar-refractivity contribution in [2.75, 3.05) is 96.5 Å². The van der Waals surface area contributed by atoms with Gasteiger partial charge in [0, 0.05) is 41.4 Å². The van der Waals surface area contributed by atoms with Gasteiger partial charge in [0.2, 0.25) is 11.8 Å². The summed E-state index contributed by atoms with van der Waals surface area (Å²) in [5.41, 5.74) is -1.07. The van der Waals surface area contributed by atoms with Crippen molar-refractivity contribution in [1.29, 1.82) is 0 Å². The van der Waals surface area contributed by atoms with E-state index in [1.807, 2.05) is 23.5 Å². The fraction of sp³-hybridized carbons (Fsp3) is 0.786. The summed E-state index contributed by atoms with van der Waals surface area (Å²) in [6.07, 6.45) is 3.34. The van der Waals surface area contributed by atoms with Crippen molar-refractivity contribution in [2.45, 2.75) is 99.9 Å². The molecule has 29 nitrogen and oxygen atoms in total. The minimum Gasteiger partial charge on any atom is -0.479 e. The number of carboxylic acid groups (broad SMARTS) is 1. The summed E-state index contributed by atoms with van der Waals surface area (Å²) in [6.45, 7) is -1.72. The second-order valence-corrected chi connectivity index (χ2v) is 21.8. The summed E-state index contributed by atoms with van der Waals surface area (Å²) in [5, 5.41) is 42.5. The molecule has 32 heteroatoms. The first-order valence-corrected chi connectivity index (χ1v) is 27.2. The number of aliphatic hydroxyl groups excluding tert-OH is 2. The summed E-state index contributed by atoms with van der Waals surface area (Å²) >= 11 is 3.66. The minimum absolute atomic E-state index is 0.0511. The number of aliphatic carboxylic acids is 1. The van der Waals surface area contributed by atoms with E-state index in [2.05, 4.69) is 41.5 Å². The number of aliphatic hydroxyl groups is 2. The minimum atomic E-state index is -4.33. The molecule has 2 unspecified atom stereocenters. The van der Waals surface area contributed by atoms with Crippen molar-refractivity contribution in [3.63, 3.8) is 0 Å². The largest absolute Gasteiger partial charge is 0.508 e. The Bertz CT molecular complexity index is 2010. The van der Waals surface area contributed by atoms with Crippen LogP contribution in [0, 0.1) is 10.8 Å². The molecule has 0 aliphatic carbocycles. The third-order valence-corrected chi connectivity index (χ3v) is 15.1. The molecule has 422 valence electrons. The van der Waals surface area contributed by atoms with Crippen molar-refractivity contribution >= 4 is 87.7 Å². The molecular formula is C42H68N6O23S3. The lowest BCUT2D eigenvalue weighted by atomic mass is 9.93. The van der Waals surface area contributed by atoms with Crippen molar-refractivity contribution in [2.24, 2.45) is 10.8 Å². The highest BCUT2D eigenvalue weighted by Gasteiger charge is 2.44. The molecular weight excluding hydrogens is 1050 g/mol. The molecule has 6 amide bonds. The Hall–Kier alpha value is -5.12. The van der Waals surface area contributed by atoms with Crippen LogP contribution < -0.4 is 32.1 Å². The average Bonchev–Trinajstić information content (AvgIpc) is 4.12. The molecule has 4 aliphatic rings. The highest BCUT2D eigenvalue weighted by atomic mass is 32.2. The number of hydrogen-bond acceptors (Lipinski definition) is 23. The van der Waals surface area contributed by atoms with Gasteiger partial charge in [-0.05, 0) is 39.5 Å². The maximum atomic E-state index is 12.0. The number of fused-ring (bicyclic) bond motifs is 2. The molecule has 4 saturated heterocycles. The molecule has 0 bridgehead atoms. The number of amides is 6. The number of nitrogens with one attached hydrogen (secondary N) is 6. The van der Waals surface area contributed by atoms with Gasteiger partial charge in [-0.15, -0.1) is 0 Å². The van der Waals surface area contributed by atoms with Crippen LogP contribution in [0.4, 0.5) is 19.2 Å². The Labute approximate surface area is 435 Å². The summed E-state index contributed by atoms with van der Waals surface area (Å²) in [7, 11) is -4.33. The van der Waals surface area contributed by atoms with Gasteiger partial charge < -0.3 is 75.1 Å². The molecule has 4 rings (SSSR count). The van der Waals surface area contributed by atoms with Gasteiger partial charge in [0.05, 0.1) is 50.6 Å². The van der Waals surface area contributed by atoms with Crippen LogP contribution >= 0.6 is 23.5 Å². The Kier molecular flexibility index (Phi) is 27.6. The lowest BCUT2D eigenvalue weighted by Crippen LogP contribution is -2.39. The first kappa shape index (κ1) is 63.2. The van der Waals surface area contributed by atoms with Crippen LogP contribution in [0.25, 0.3) is 0 Å². The van der Waals surface area contributed by atoms with E-state index >= 15 is 0 Å². The van der Waals surface area contributed by atoms with Crippen LogP contribution in [-0.4, -0.2) is 214 Å².